The van der Waals surface area contributed by atoms with Crippen LogP contribution in [0.3, 0.4) is 0 Å². The summed E-state index contributed by atoms with van der Waals surface area (Å²) in [6.07, 6.45) is 0. The molecule has 0 saturated heterocycles. The van der Waals surface area contributed by atoms with E-state index in [4.69, 9.17) is 11.6 Å². The van der Waals surface area contributed by atoms with E-state index in [2.05, 4.69) is 24.0 Å². The lowest BCUT2D eigenvalue weighted by atomic mass is 10.2. The molecular weight excluding hydrogens is 250 g/mol. The van der Waals surface area contributed by atoms with E-state index in [1.165, 1.54) is 0 Å². The van der Waals surface area contributed by atoms with Gasteiger partial charge in [-0.05, 0) is 30.2 Å². The summed E-state index contributed by atoms with van der Waals surface area (Å²) in [7, 11) is 0. The predicted molar refractivity (Wildman–Crippen MR) is 71.2 cm³/mol. The number of rotatable bonds is 4. The third kappa shape index (κ3) is 2.71. The zero-order chi connectivity index (χ0) is 13.1. The second kappa shape index (κ2) is 5.50. The van der Waals surface area contributed by atoms with Crippen molar-refractivity contribution in [2.45, 2.75) is 27.0 Å². The summed E-state index contributed by atoms with van der Waals surface area (Å²) in [6, 6.07) is 7.46. The molecule has 4 nitrogen and oxygen atoms in total. The van der Waals surface area contributed by atoms with Gasteiger partial charge < -0.3 is 9.67 Å². The molecule has 2 aromatic rings. The van der Waals surface area contributed by atoms with Crippen LogP contribution in [0.4, 0.5) is 0 Å². The van der Waals surface area contributed by atoms with Gasteiger partial charge in [0.15, 0.2) is 11.6 Å². The zero-order valence-corrected chi connectivity index (χ0v) is 11.2. The highest BCUT2D eigenvalue weighted by molar-refractivity contribution is 6.30. The van der Waals surface area contributed by atoms with E-state index in [0.29, 0.717) is 16.8 Å². The Morgan fingerprint density at radius 3 is 2.44 bits per heavy atom. The molecule has 0 saturated carbocycles. The third-order valence-corrected chi connectivity index (χ3v) is 2.87. The Balaban J connectivity index is 2.43. The largest absolute Gasteiger partial charge is 0.388 e. The minimum atomic E-state index is -0.104. The van der Waals surface area contributed by atoms with Gasteiger partial charge in [-0.3, -0.25) is 0 Å². The Morgan fingerprint density at radius 1 is 1.22 bits per heavy atom. The highest BCUT2D eigenvalue weighted by Crippen LogP contribution is 2.21. The second-order valence-electron chi connectivity index (χ2n) is 4.61. The molecule has 1 aromatic carbocycles. The van der Waals surface area contributed by atoms with Crippen LogP contribution in [0.5, 0.6) is 0 Å². The van der Waals surface area contributed by atoms with Crippen molar-refractivity contribution in [2.75, 3.05) is 0 Å². The number of aliphatic hydroxyl groups is 1. The first-order valence-electron chi connectivity index (χ1n) is 5.90. The van der Waals surface area contributed by atoms with E-state index in [0.717, 1.165) is 17.9 Å². The van der Waals surface area contributed by atoms with Gasteiger partial charge in [0.25, 0.3) is 0 Å². The van der Waals surface area contributed by atoms with Gasteiger partial charge in [-0.15, -0.1) is 10.2 Å². The Morgan fingerprint density at radius 2 is 1.89 bits per heavy atom. The molecule has 0 unspecified atom stereocenters. The number of aliphatic hydroxyl groups excluding tert-OH is 1. The van der Waals surface area contributed by atoms with Crippen LogP contribution < -0.4 is 0 Å². The van der Waals surface area contributed by atoms with Gasteiger partial charge in [0, 0.05) is 17.1 Å². The number of benzene rings is 1. The van der Waals surface area contributed by atoms with Crippen LogP contribution in [0, 0.1) is 5.92 Å². The molecule has 0 aliphatic carbocycles. The summed E-state index contributed by atoms with van der Waals surface area (Å²) < 4.78 is 1.95. The van der Waals surface area contributed by atoms with Crippen molar-refractivity contribution in [3.63, 3.8) is 0 Å². The molecule has 1 aromatic heterocycles. The summed E-state index contributed by atoms with van der Waals surface area (Å²) in [5.74, 6) is 1.82. The molecule has 5 heteroatoms. The molecule has 18 heavy (non-hydrogen) atoms. The van der Waals surface area contributed by atoms with E-state index in [1.807, 2.05) is 28.8 Å². The zero-order valence-electron chi connectivity index (χ0n) is 10.5. The van der Waals surface area contributed by atoms with E-state index < -0.39 is 0 Å². The van der Waals surface area contributed by atoms with Crippen molar-refractivity contribution in [2.24, 2.45) is 5.92 Å². The number of nitrogens with zero attached hydrogens (tertiary/aromatic N) is 3. The molecule has 96 valence electrons. The van der Waals surface area contributed by atoms with Gasteiger partial charge >= 0.3 is 0 Å². The molecular formula is C13H16ClN3O. The van der Waals surface area contributed by atoms with Crippen LogP contribution in [0.2, 0.25) is 5.02 Å². The summed E-state index contributed by atoms with van der Waals surface area (Å²) in [4.78, 5) is 0. The first-order chi connectivity index (χ1) is 8.61. The Bertz CT molecular complexity index is 520. The van der Waals surface area contributed by atoms with Crippen LogP contribution in [-0.4, -0.2) is 19.9 Å². The minimum Gasteiger partial charge on any atom is -0.388 e. The summed E-state index contributed by atoms with van der Waals surface area (Å²) >= 11 is 5.87. The number of halogens is 1. The molecule has 0 amide bonds. The quantitative estimate of drug-likeness (QED) is 0.925. The normalized spacial score (nSPS) is 11.2. The molecule has 0 atom stereocenters. The molecule has 0 bridgehead atoms. The molecule has 0 radical (unpaired) electrons. The van der Waals surface area contributed by atoms with Crippen LogP contribution >= 0.6 is 11.6 Å². The van der Waals surface area contributed by atoms with Crippen molar-refractivity contribution >= 4 is 11.6 Å². The van der Waals surface area contributed by atoms with Gasteiger partial charge in [0.05, 0.1) is 0 Å². The van der Waals surface area contributed by atoms with E-state index in [1.54, 1.807) is 0 Å². The smallest absolute Gasteiger partial charge is 0.164 e. The van der Waals surface area contributed by atoms with Gasteiger partial charge in [0.2, 0.25) is 0 Å². The lowest BCUT2D eigenvalue weighted by molar-refractivity contribution is 0.262. The van der Waals surface area contributed by atoms with Gasteiger partial charge in [-0.2, -0.15) is 0 Å². The first kappa shape index (κ1) is 13.1. The highest BCUT2D eigenvalue weighted by atomic mass is 35.5. The molecule has 1 N–H and O–H groups in total. The standard InChI is InChI=1S/C13H16ClN3O/c1-9(2)7-17-12(8-18)15-16-13(17)10-3-5-11(14)6-4-10/h3-6,9,18H,7-8H2,1-2H3. The number of hydrogen-bond donors (Lipinski definition) is 1. The van der Waals surface area contributed by atoms with Gasteiger partial charge in [-0.1, -0.05) is 25.4 Å². The van der Waals surface area contributed by atoms with Gasteiger partial charge in [-0.25, -0.2) is 0 Å². The molecule has 2 rings (SSSR count). The number of hydrogen-bond acceptors (Lipinski definition) is 3. The van der Waals surface area contributed by atoms with E-state index in [9.17, 15) is 5.11 Å². The summed E-state index contributed by atoms with van der Waals surface area (Å²) in [5, 5.41) is 18.1. The molecule has 0 fully saturated rings. The lowest BCUT2D eigenvalue weighted by Gasteiger charge is -2.11. The average molecular weight is 266 g/mol. The van der Waals surface area contributed by atoms with Crippen LogP contribution in [0.15, 0.2) is 24.3 Å². The first-order valence-corrected chi connectivity index (χ1v) is 6.28. The maximum absolute atomic E-state index is 9.29. The second-order valence-corrected chi connectivity index (χ2v) is 5.05. The average Bonchev–Trinajstić information content (AvgIpc) is 2.72. The molecule has 1 heterocycles. The fourth-order valence-corrected chi connectivity index (χ4v) is 1.95. The van der Waals surface area contributed by atoms with Crippen LogP contribution in [0.1, 0.15) is 19.7 Å². The summed E-state index contributed by atoms with van der Waals surface area (Å²) in [6.45, 7) is 4.91. The maximum atomic E-state index is 9.29. The molecule has 0 aliphatic heterocycles. The summed E-state index contributed by atoms with van der Waals surface area (Å²) in [5.41, 5.74) is 0.951. The highest BCUT2D eigenvalue weighted by Gasteiger charge is 2.13. The molecule has 0 spiro atoms. The lowest BCUT2D eigenvalue weighted by Crippen LogP contribution is -2.10. The van der Waals surface area contributed by atoms with Crippen molar-refractivity contribution < 1.29 is 5.11 Å². The predicted octanol–water partition coefficient (Wildman–Crippen LogP) is 2.75. The van der Waals surface area contributed by atoms with Crippen molar-refractivity contribution in [1.82, 2.24) is 14.8 Å². The van der Waals surface area contributed by atoms with Crippen molar-refractivity contribution in [1.29, 1.82) is 0 Å². The topological polar surface area (TPSA) is 50.9 Å². The minimum absolute atomic E-state index is 0.104. The fourth-order valence-electron chi connectivity index (χ4n) is 1.82. The molecule has 0 aliphatic rings. The van der Waals surface area contributed by atoms with E-state index in [-0.39, 0.29) is 6.61 Å². The third-order valence-electron chi connectivity index (χ3n) is 2.62. The van der Waals surface area contributed by atoms with Crippen LogP contribution in [-0.2, 0) is 13.2 Å². The monoisotopic (exact) mass is 265 g/mol. The van der Waals surface area contributed by atoms with Gasteiger partial charge in [0.1, 0.15) is 6.61 Å². The Hall–Kier alpha value is -1.39. The van der Waals surface area contributed by atoms with E-state index >= 15 is 0 Å². The van der Waals surface area contributed by atoms with Crippen molar-refractivity contribution in [3.05, 3.63) is 35.1 Å². The Labute approximate surface area is 111 Å². The number of aromatic nitrogens is 3. The fraction of sp³-hybridized carbons (Fsp3) is 0.385. The van der Waals surface area contributed by atoms with Crippen molar-refractivity contribution in [3.8, 4) is 11.4 Å². The van der Waals surface area contributed by atoms with Crippen LogP contribution in [0.25, 0.3) is 11.4 Å². The SMILES string of the molecule is CC(C)Cn1c(CO)nnc1-c1ccc(Cl)cc1. The maximum Gasteiger partial charge on any atom is 0.164 e. The Kier molecular flexibility index (Phi) is 3.99.